The fraction of sp³-hybridized carbons (Fsp3) is 0.462. The molecule has 1 aliphatic rings. The highest BCUT2D eigenvalue weighted by atomic mass is 32.1. The molecular weight excluding hydrogens is 436 g/mol. The van der Waals surface area contributed by atoms with E-state index in [0.717, 1.165) is 23.5 Å². The van der Waals surface area contributed by atoms with Crippen LogP contribution in [0, 0.1) is 0 Å². The zero-order valence-electron chi connectivity index (χ0n) is 20.3. The third-order valence-electron chi connectivity index (χ3n) is 6.22. The molecule has 1 aromatic heterocycles. The molecule has 1 fully saturated rings. The molecule has 33 heavy (non-hydrogen) atoms. The normalized spacial score (nSPS) is 18.4. The van der Waals surface area contributed by atoms with E-state index in [0.29, 0.717) is 24.4 Å². The summed E-state index contributed by atoms with van der Waals surface area (Å²) < 4.78 is 5.51. The minimum absolute atomic E-state index is 0.117. The van der Waals surface area contributed by atoms with Gasteiger partial charge in [-0.05, 0) is 47.6 Å². The van der Waals surface area contributed by atoms with Crippen LogP contribution in [-0.2, 0) is 15.0 Å². The largest absolute Gasteiger partial charge is 0.507 e. The summed E-state index contributed by atoms with van der Waals surface area (Å²) in [6.45, 7) is 13.2. The smallest absolute Gasteiger partial charge is 0.295 e. The molecule has 7 heteroatoms. The lowest BCUT2D eigenvalue weighted by molar-refractivity contribution is -0.140. The van der Waals surface area contributed by atoms with Crippen LogP contribution in [0.2, 0.25) is 0 Å². The molecule has 1 unspecified atom stereocenters. The first-order chi connectivity index (χ1) is 15.6. The van der Waals surface area contributed by atoms with Gasteiger partial charge in [-0.3, -0.25) is 9.59 Å². The molecule has 0 radical (unpaired) electrons. The van der Waals surface area contributed by atoms with Crippen LogP contribution in [0.25, 0.3) is 5.76 Å². The maximum absolute atomic E-state index is 13.2. The Morgan fingerprint density at radius 1 is 1.18 bits per heavy atom. The van der Waals surface area contributed by atoms with Gasteiger partial charge in [-0.2, -0.15) is 0 Å². The third-order valence-corrected chi connectivity index (χ3v) is 7.15. The van der Waals surface area contributed by atoms with E-state index in [4.69, 9.17) is 4.74 Å². The first-order valence-electron chi connectivity index (χ1n) is 11.4. The van der Waals surface area contributed by atoms with Crippen molar-refractivity contribution >= 4 is 28.8 Å². The van der Waals surface area contributed by atoms with Crippen molar-refractivity contribution in [2.45, 2.75) is 46.1 Å². The van der Waals surface area contributed by atoms with Crippen LogP contribution in [0.3, 0.4) is 0 Å². The van der Waals surface area contributed by atoms with E-state index in [1.165, 1.54) is 18.4 Å². The Balaban J connectivity index is 2.15. The number of hydrogen-bond acceptors (Lipinski definition) is 6. The molecule has 1 N–H and O–H groups in total. The summed E-state index contributed by atoms with van der Waals surface area (Å²) in [6, 6.07) is 8.78. The lowest BCUT2D eigenvalue weighted by Crippen LogP contribution is -2.37. The number of methoxy groups -OCH3 is 1. The zero-order valence-corrected chi connectivity index (χ0v) is 21.2. The number of Topliss-reactive ketones (excluding diaryl/α,β-unsaturated/α-hetero) is 1. The molecule has 0 spiro atoms. The van der Waals surface area contributed by atoms with Gasteiger partial charge in [0.1, 0.15) is 11.5 Å². The quantitative estimate of drug-likeness (QED) is 0.340. The van der Waals surface area contributed by atoms with Crippen LogP contribution in [0.15, 0.2) is 41.3 Å². The second-order valence-electron chi connectivity index (χ2n) is 9.20. The fourth-order valence-electron chi connectivity index (χ4n) is 4.15. The molecule has 2 aromatic rings. The average Bonchev–Trinajstić information content (AvgIpc) is 3.40. The van der Waals surface area contributed by atoms with Gasteiger partial charge in [0.25, 0.3) is 11.7 Å². The standard InChI is InChI=1S/C26H34N2O4S/c1-7-27(8-2)13-14-28-22(20-10-9-15-33-20)21(24(30)25(28)31)23(29)18-16-17(26(3,4)5)11-12-19(18)32-6/h9-12,15-16,22,29H,7-8,13-14H2,1-6H3/b23-21+. The number of nitrogens with zero attached hydrogens (tertiary/aromatic N) is 2. The molecule has 1 atom stereocenters. The van der Waals surface area contributed by atoms with Gasteiger partial charge >= 0.3 is 0 Å². The zero-order chi connectivity index (χ0) is 24.3. The van der Waals surface area contributed by atoms with Crippen LogP contribution in [-0.4, -0.2) is 59.9 Å². The number of carbonyl (C=O) groups is 2. The molecule has 1 saturated heterocycles. The van der Waals surface area contributed by atoms with E-state index in [-0.39, 0.29) is 16.7 Å². The minimum atomic E-state index is -0.659. The van der Waals surface area contributed by atoms with Crippen molar-refractivity contribution in [3.63, 3.8) is 0 Å². The van der Waals surface area contributed by atoms with Gasteiger partial charge in [0.05, 0.1) is 24.3 Å². The summed E-state index contributed by atoms with van der Waals surface area (Å²) in [5.41, 5.74) is 1.37. The van der Waals surface area contributed by atoms with E-state index in [2.05, 4.69) is 39.5 Å². The number of carbonyl (C=O) groups excluding carboxylic acids is 2. The molecule has 1 aliphatic heterocycles. The van der Waals surface area contributed by atoms with Crippen molar-refractivity contribution in [1.29, 1.82) is 0 Å². The SMILES string of the molecule is CCN(CC)CCN1C(=O)C(=O)/C(=C(/O)c2cc(C(C)(C)C)ccc2OC)C1c1cccs1. The molecule has 3 rings (SSSR count). The first kappa shape index (κ1) is 25.0. The number of hydrogen-bond donors (Lipinski definition) is 1. The van der Waals surface area contributed by atoms with Gasteiger partial charge < -0.3 is 19.6 Å². The van der Waals surface area contributed by atoms with Gasteiger partial charge in [0, 0.05) is 18.0 Å². The predicted molar refractivity (Wildman–Crippen MR) is 133 cm³/mol. The highest BCUT2D eigenvalue weighted by molar-refractivity contribution is 7.10. The van der Waals surface area contributed by atoms with Crippen LogP contribution in [0.4, 0.5) is 0 Å². The van der Waals surface area contributed by atoms with Crippen molar-refractivity contribution < 1.29 is 19.4 Å². The highest BCUT2D eigenvalue weighted by Gasteiger charge is 2.46. The monoisotopic (exact) mass is 470 g/mol. The lowest BCUT2D eigenvalue weighted by atomic mass is 9.85. The summed E-state index contributed by atoms with van der Waals surface area (Å²) in [5.74, 6) is -0.971. The average molecular weight is 471 g/mol. The maximum atomic E-state index is 13.2. The Morgan fingerprint density at radius 3 is 2.42 bits per heavy atom. The summed E-state index contributed by atoms with van der Waals surface area (Å²) >= 11 is 1.47. The Morgan fingerprint density at radius 2 is 1.88 bits per heavy atom. The predicted octanol–water partition coefficient (Wildman–Crippen LogP) is 4.82. The van der Waals surface area contributed by atoms with Crippen LogP contribution in [0.5, 0.6) is 5.75 Å². The van der Waals surface area contributed by atoms with E-state index < -0.39 is 17.7 Å². The molecule has 1 amide bonds. The van der Waals surface area contributed by atoms with Crippen molar-refractivity contribution in [3.05, 3.63) is 57.3 Å². The number of likely N-dealkylation sites (tertiary alicyclic amines) is 1. The summed E-state index contributed by atoms with van der Waals surface area (Å²) in [7, 11) is 1.53. The first-order valence-corrected chi connectivity index (χ1v) is 12.2. The number of likely N-dealkylation sites (N-methyl/N-ethyl adjacent to an activating group) is 1. The van der Waals surface area contributed by atoms with E-state index in [1.807, 2.05) is 29.6 Å². The van der Waals surface area contributed by atoms with Crippen molar-refractivity contribution in [3.8, 4) is 5.75 Å². The van der Waals surface area contributed by atoms with Gasteiger partial charge in [0.15, 0.2) is 0 Å². The molecule has 1 aromatic carbocycles. The third kappa shape index (κ3) is 4.99. The molecular formula is C26H34N2O4S. The molecule has 6 nitrogen and oxygen atoms in total. The van der Waals surface area contributed by atoms with Crippen LogP contribution in [0.1, 0.15) is 56.7 Å². The van der Waals surface area contributed by atoms with Crippen molar-refractivity contribution in [1.82, 2.24) is 9.80 Å². The van der Waals surface area contributed by atoms with Crippen LogP contribution < -0.4 is 4.74 Å². The Hall–Kier alpha value is -2.64. The van der Waals surface area contributed by atoms with Gasteiger partial charge in [-0.1, -0.05) is 46.8 Å². The Bertz CT molecular complexity index is 1030. The lowest BCUT2D eigenvalue weighted by Gasteiger charge is -2.27. The number of amides is 1. The van der Waals surface area contributed by atoms with Crippen molar-refractivity contribution in [2.75, 3.05) is 33.3 Å². The van der Waals surface area contributed by atoms with Crippen LogP contribution >= 0.6 is 11.3 Å². The van der Waals surface area contributed by atoms with Gasteiger partial charge in [0.2, 0.25) is 0 Å². The topological polar surface area (TPSA) is 70.1 Å². The molecule has 0 bridgehead atoms. The maximum Gasteiger partial charge on any atom is 0.295 e. The number of ether oxygens (including phenoxy) is 1. The van der Waals surface area contributed by atoms with Gasteiger partial charge in [-0.25, -0.2) is 0 Å². The molecule has 0 saturated carbocycles. The fourth-order valence-corrected chi connectivity index (χ4v) is 4.99. The molecule has 178 valence electrons. The number of thiophene rings is 1. The number of benzene rings is 1. The summed E-state index contributed by atoms with van der Waals surface area (Å²) in [4.78, 5) is 31.0. The highest BCUT2D eigenvalue weighted by Crippen LogP contribution is 2.42. The number of rotatable bonds is 8. The minimum Gasteiger partial charge on any atom is -0.507 e. The Labute approximate surface area is 200 Å². The van der Waals surface area contributed by atoms with E-state index in [1.54, 1.807) is 11.0 Å². The summed E-state index contributed by atoms with van der Waals surface area (Å²) in [6.07, 6.45) is 0. The summed E-state index contributed by atoms with van der Waals surface area (Å²) in [5, 5.41) is 13.4. The number of aliphatic hydroxyl groups excluding tert-OH is 1. The van der Waals surface area contributed by atoms with Gasteiger partial charge in [-0.15, -0.1) is 11.3 Å². The second kappa shape index (κ2) is 10.1. The molecule has 0 aliphatic carbocycles. The number of ketones is 1. The molecule has 2 heterocycles. The van der Waals surface area contributed by atoms with E-state index in [9.17, 15) is 14.7 Å². The second-order valence-corrected chi connectivity index (χ2v) is 10.2. The van der Waals surface area contributed by atoms with Crippen molar-refractivity contribution in [2.24, 2.45) is 0 Å². The Kier molecular flexibility index (Phi) is 7.65. The number of aliphatic hydroxyl groups is 1. The van der Waals surface area contributed by atoms with E-state index >= 15 is 0 Å².